The normalized spacial score (nSPS) is 16.5. The third-order valence-electron chi connectivity index (χ3n) is 5.42. The van der Waals surface area contributed by atoms with Crippen LogP contribution in [0.5, 0.6) is 0 Å². The molecule has 0 bridgehead atoms. The molecule has 31 heavy (non-hydrogen) atoms. The minimum atomic E-state index is -3.80. The molecule has 2 aliphatic carbocycles. The van der Waals surface area contributed by atoms with E-state index in [4.69, 9.17) is 0 Å². The Hall–Kier alpha value is -3.08. The number of nitrogens with zero attached hydrogens (tertiary/aromatic N) is 2. The lowest BCUT2D eigenvalue weighted by Crippen LogP contribution is -2.21. The van der Waals surface area contributed by atoms with Crippen LogP contribution in [-0.2, 0) is 10.0 Å². The predicted molar refractivity (Wildman–Crippen MR) is 110 cm³/mol. The average molecular weight is 447 g/mol. The Morgan fingerprint density at radius 1 is 1.19 bits per heavy atom. The number of nitrogens with one attached hydrogen (secondary N) is 3. The Morgan fingerprint density at radius 3 is 2.68 bits per heavy atom. The lowest BCUT2D eigenvalue weighted by molar-refractivity contribution is 0.101. The summed E-state index contributed by atoms with van der Waals surface area (Å²) in [6, 6.07) is 3.47. The highest BCUT2D eigenvalue weighted by molar-refractivity contribution is 7.92. The molecule has 162 valence electrons. The summed E-state index contributed by atoms with van der Waals surface area (Å²) in [6.07, 6.45) is 5.02. The van der Waals surface area contributed by atoms with E-state index in [1.165, 1.54) is 6.20 Å². The molecule has 8 nitrogen and oxygen atoms in total. The molecule has 11 heteroatoms. The van der Waals surface area contributed by atoms with Crippen molar-refractivity contribution in [1.29, 1.82) is 0 Å². The molecule has 0 unspecified atom stereocenters. The average Bonchev–Trinajstić information content (AvgIpc) is 3.64. The van der Waals surface area contributed by atoms with E-state index in [2.05, 4.69) is 25.2 Å². The number of carbonyl (C=O) groups is 1. The zero-order chi connectivity index (χ0) is 21.8. The number of amides is 1. The van der Waals surface area contributed by atoms with Gasteiger partial charge in [0.15, 0.2) is 11.5 Å². The summed E-state index contributed by atoms with van der Waals surface area (Å²) in [6.45, 7) is 0. The van der Waals surface area contributed by atoms with Crippen LogP contribution in [0.1, 0.15) is 47.7 Å². The van der Waals surface area contributed by atoms with Crippen LogP contribution in [-0.4, -0.2) is 35.3 Å². The van der Waals surface area contributed by atoms with Crippen molar-refractivity contribution >= 4 is 38.3 Å². The van der Waals surface area contributed by atoms with Gasteiger partial charge in [-0.3, -0.25) is 14.6 Å². The fourth-order valence-electron chi connectivity index (χ4n) is 3.51. The lowest BCUT2D eigenvalue weighted by atomic mass is 10.1. The van der Waals surface area contributed by atoms with Gasteiger partial charge in [-0.1, -0.05) is 0 Å². The van der Waals surface area contributed by atoms with Gasteiger partial charge in [-0.25, -0.2) is 22.2 Å². The van der Waals surface area contributed by atoms with Crippen LogP contribution < -0.4 is 10.0 Å². The molecular weight excluding hydrogens is 428 g/mol. The maximum absolute atomic E-state index is 14.9. The maximum Gasteiger partial charge on any atom is 0.261 e. The molecule has 0 atom stereocenters. The van der Waals surface area contributed by atoms with Gasteiger partial charge in [-0.2, -0.15) is 5.10 Å². The molecule has 3 N–H and O–H groups in total. The van der Waals surface area contributed by atoms with Gasteiger partial charge in [0.1, 0.15) is 11.4 Å². The Bertz CT molecular complexity index is 1300. The van der Waals surface area contributed by atoms with Crippen molar-refractivity contribution in [3.63, 3.8) is 0 Å². The largest absolute Gasteiger partial charge is 0.320 e. The summed E-state index contributed by atoms with van der Waals surface area (Å²) in [7, 11) is -3.80. The van der Waals surface area contributed by atoms with E-state index < -0.39 is 38.8 Å². The monoisotopic (exact) mass is 447 g/mol. The molecular formula is C20H19F2N5O3S. The Labute approximate surface area is 176 Å². The molecule has 2 aliphatic rings. The highest BCUT2D eigenvalue weighted by Crippen LogP contribution is 2.42. The van der Waals surface area contributed by atoms with Crippen LogP contribution in [0, 0.1) is 17.6 Å². The second kappa shape index (κ2) is 7.26. The van der Waals surface area contributed by atoms with E-state index in [1.807, 2.05) is 0 Å². The molecule has 5 rings (SSSR count). The first-order chi connectivity index (χ1) is 14.8. The molecule has 2 fully saturated rings. The summed E-state index contributed by atoms with van der Waals surface area (Å²) in [5.41, 5.74) is 0.319. The van der Waals surface area contributed by atoms with Crippen LogP contribution in [0.25, 0.3) is 11.0 Å². The Balaban J connectivity index is 1.41. The van der Waals surface area contributed by atoms with E-state index in [1.54, 1.807) is 6.07 Å². The number of anilines is 2. The van der Waals surface area contributed by atoms with Crippen molar-refractivity contribution in [3.8, 4) is 0 Å². The first-order valence-electron chi connectivity index (χ1n) is 9.94. The van der Waals surface area contributed by atoms with Crippen LogP contribution in [0.15, 0.2) is 24.4 Å². The predicted octanol–water partition coefficient (Wildman–Crippen LogP) is 3.52. The zero-order valence-corrected chi connectivity index (χ0v) is 17.1. The fourth-order valence-corrected chi connectivity index (χ4v) is 5.04. The van der Waals surface area contributed by atoms with Crippen LogP contribution in [0.2, 0.25) is 0 Å². The van der Waals surface area contributed by atoms with Crippen molar-refractivity contribution in [2.45, 2.75) is 31.6 Å². The number of H-pyrrole nitrogens is 1. The third kappa shape index (κ3) is 4.09. The first-order valence-corrected chi connectivity index (χ1v) is 11.6. The number of benzene rings is 1. The van der Waals surface area contributed by atoms with Crippen molar-refractivity contribution in [3.05, 3.63) is 47.3 Å². The van der Waals surface area contributed by atoms with Gasteiger partial charge in [-0.05, 0) is 49.8 Å². The van der Waals surface area contributed by atoms with Gasteiger partial charge in [0.25, 0.3) is 5.91 Å². The van der Waals surface area contributed by atoms with Crippen LogP contribution in [0.3, 0.4) is 0 Å². The zero-order valence-electron chi connectivity index (χ0n) is 16.3. The van der Waals surface area contributed by atoms with Gasteiger partial charge in [0.2, 0.25) is 10.0 Å². The SMILES string of the molecule is O=C(Nc1cnc2n[nH]c(C3CC3)c2c1)c1c(F)ccc(NS(=O)(=O)CC2CC2)c1F. The van der Waals surface area contributed by atoms with Gasteiger partial charge < -0.3 is 5.32 Å². The number of pyridine rings is 1. The quantitative estimate of drug-likeness (QED) is 0.512. The van der Waals surface area contributed by atoms with E-state index in [0.717, 1.165) is 48.9 Å². The number of aromatic nitrogens is 3. The molecule has 2 aromatic heterocycles. The van der Waals surface area contributed by atoms with Crippen molar-refractivity contribution in [2.75, 3.05) is 15.8 Å². The smallest absolute Gasteiger partial charge is 0.261 e. The first kappa shape index (κ1) is 19.9. The van der Waals surface area contributed by atoms with E-state index in [0.29, 0.717) is 11.6 Å². The van der Waals surface area contributed by atoms with Crippen molar-refractivity contribution < 1.29 is 22.0 Å². The topological polar surface area (TPSA) is 117 Å². The number of fused-ring (bicyclic) bond motifs is 1. The van der Waals surface area contributed by atoms with Crippen molar-refractivity contribution in [1.82, 2.24) is 15.2 Å². The second-order valence-electron chi connectivity index (χ2n) is 8.07. The molecule has 0 radical (unpaired) electrons. The summed E-state index contributed by atoms with van der Waals surface area (Å²) >= 11 is 0. The van der Waals surface area contributed by atoms with Gasteiger partial charge in [0, 0.05) is 17.0 Å². The van der Waals surface area contributed by atoms with Gasteiger partial charge in [0.05, 0.1) is 23.3 Å². The maximum atomic E-state index is 14.9. The lowest BCUT2D eigenvalue weighted by Gasteiger charge is -2.12. The molecule has 0 aliphatic heterocycles. The van der Waals surface area contributed by atoms with Crippen LogP contribution >= 0.6 is 0 Å². The number of hydrogen-bond acceptors (Lipinski definition) is 5. The molecule has 2 saturated carbocycles. The highest BCUT2D eigenvalue weighted by atomic mass is 32.2. The Morgan fingerprint density at radius 2 is 1.97 bits per heavy atom. The minimum absolute atomic E-state index is 0.0506. The van der Waals surface area contributed by atoms with E-state index in [-0.39, 0.29) is 17.4 Å². The molecule has 0 saturated heterocycles. The Kier molecular flexibility index (Phi) is 4.65. The van der Waals surface area contributed by atoms with E-state index >= 15 is 0 Å². The molecule has 3 aromatic rings. The highest BCUT2D eigenvalue weighted by Gasteiger charge is 2.30. The molecule has 1 amide bonds. The van der Waals surface area contributed by atoms with Crippen molar-refractivity contribution in [2.24, 2.45) is 5.92 Å². The minimum Gasteiger partial charge on any atom is -0.320 e. The number of rotatable bonds is 7. The second-order valence-corrected chi connectivity index (χ2v) is 9.84. The number of hydrogen-bond donors (Lipinski definition) is 3. The third-order valence-corrected chi connectivity index (χ3v) is 6.86. The number of aromatic amines is 1. The van der Waals surface area contributed by atoms with Crippen LogP contribution in [0.4, 0.5) is 20.2 Å². The van der Waals surface area contributed by atoms with Gasteiger partial charge >= 0.3 is 0 Å². The standard InChI is InChI=1S/C20H19F2N5O3S/c21-14-5-6-15(27-31(29,30)9-10-1-2-10)17(22)16(14)20(28)24-12-7-13-18(11-3-4-11)25-26-19(13)23-8-12/h5-8,10-11,27H,1-4,9H2,(H,24,28)(H,23,25,26). The summed E-state index contributed by atoms with van der Waals surface area (Å²) in [5.74, 6) is -3.13. The van der Waals surface area contributed by atoms with Gasteiger partial charge in [-0.15, -0.1) is 0 Å². The summed E-state index contributed by atoms with van der Waals surface area (Å²) < 4.78 is 55.6. The molecule has 1 aromatic carbocycles. The van der Waals surface area contributed by atoms with E-state index in [9.17, 15) is 22.0 Å². The summed E-state index contributed by atoms with van der Waals surface area (Å²) in [5, 5.41) is 10.2. The number of sulfonamides is 1. The number of carbonyl (C=O) groups excluding carboxylic acids is 1. The summed E-state index contributed by atoms with van der Waals surface area (Å²) in [4.78, 5) is 16.8. The molecule has 0 spiro atoms. The number of halogens is 2. The fraction of sp³-hybridized carbons (Fsp3) is 0.350. The molecule has 2 heterocycles.